The minimum atomic E-state index is 0.578. The van der Waals surface area contributed by atoms with Crippen LogP contribution in [-0.4, -0.2) is 13.7 Å². The van der Waals surface area contributed by atoms with Gasteiger partial charge in [0, 0.05) is 49.3 Å². The molecule has 5 nitrogen and oxygen atoms in total. The van der Waals surface area contributed by atoms with Gasteiger partial charge in [-0.2, -0.15) is 5.26 Å². The van der Waals surface area contributed by atoms with Crippen LogP contribution < -0.4 is 0 Å². The fourth-order valence-corrected chi connectivity index (χ4v) is 8.83. The summed E-state index contributed by atoms with van der Waals surface area (Å²) in [6.07, 6.45) is 0. The van der Waals surface area contributed by atoms with E-state index in [1.54, 1.807) is 0 Å². The van der Waals surface area contributed by atoms with Crippen LogP contribution in [0.1, 0.15) is 5.56 Å². The Morgan fingerprint density at radius 1 is 0.418 bits per heavy atom. The van der Waals surface area contributed by atoms with Crippen LogP contribution in [0.4, 0.5) is 5.69 Å². The minimum absolute atomic E-state index is 0.578. The van der Waals surface area contributed by atoms with Gasteiger partial charge in [-0.3, -0.25) is 0 Å². The van der Waals surface area contributed by atoms with Gasteiger partial charge in [0.2, 0.25) is 0 Å². The lowest BCUT2D eigenvalue weighted by atomic mass is 9.98. The molecule has 5 heteroatoms. The number of nitriles is 1. The number of hydrogen-bond donors (Lipinski definition) is 0. The highest BCUT2D eigenvalue weighted by atomic mass is 15.0. The highest BCUT2D eigenvalue weighted by Gasteiger charge is 2.22. The fourth-order valence-electron chi connectivity index (χ4n) is 8.83. The molecule has 0 bridgehead atoms. The zero-order valence-corrected chi connectivity index (χ0v) is 29.5. The molecule has 0 unspecified atom stereocenters. The van der Waals surface area contributed by atoms with Crippen LogP contribution in [-0.2, 0) is 0 Å². The van der Waals surface area contributed by atoms with Crippen LogP contribution >= 0.6 is 0 Å². The van der Waals surface area contributed by atoms with Crippen LogP contribution in [0, 0.1) is 17.9 Å². The topological polar surface area (TPSA) is 42.9 Å². The molecule has 0 atom stereocenters. The van der Waals surface area contributed by atoms with E-state index in [0.717, 1.165) is 71.8 Å². The van der Waals surface area contributed by atoms with Crippen molar-refractivity contribution in [3.05, 3.63) is 193 Å². The number of para-hydroxylation sites is 5. The summed E-state index contributed by atoms with van der Waals surface area (Å²) in [6.45, 7) is 7.99. The molecule has 8 aromatic carbocycles. The molecule has 0 amide bonds. The maximum atomic E-state index is 10.2. The first-order chi connectivity index (χ1) is 27.2. The zero-order valence-electron chi connectivity index (χ0n) is 29.5. The first kappa shape index (κ1) is 30.7. The Bertz CT molecular complexity index is 3420. The molecular formula is C50H29N5. The third kappa shape index (κ3) is 4.39. The third-order valence-corrected chi connectivity index (χ3v) is 11.1. The van der Waals surface area contributed by atoms with Gasteiger partial charge < -0.3 is 13.7 Å². The maximum Gasteiger partial charge on any atom is 0.197 e. The Kier molecular flexibility index (Phi) is 6.61. The summed E-state index contributed by atoms with van der Waals surface area (Å²) in [6, 6.07) is 63.7. The van der Waals surface area contributed by atoms with Gasteiger partial charge in [-0.25, -0.2) is 4.85 Å². The van der Waals surface area contributed by atoms with Gasteiger partial charge in [-0.15, -0.1) is 0 Å². The van der Waals surface area contributed by atoms with Crippen molar-refractivity contribution < 1.29 is 0 Å². The van der Waals surface area contributed by atoms with Crippen molar-refractivity contribution in [1.29, 1.82) is 5.26 Å². The third-order valence-electron chi connectivity index (χ3n) is 11.1. The van der Waals surface area contributed by atoms with Crippen molar-refractivity contribution >= 4 is 71.1 Å². The summed E-state index contributed by atoms with van der Waals surface area (Å²) in [5, 5.41) is 17.0. The largest absolute Gasteiger partial charge is 0.310 e. The second-order valence-corrected chi connectivity index (χ2v) is 13.9. The highest BCUT2D eigenvalue weighted by molar-refractivity contribution is 6.16. The standard InChI is InChI=1S/C50H29N5/c1-52-41-18-12-24-49-50(41)38-17-6-11-23-46(38)55(49)47-27-25-32(31-51)29-39(47)36-15-4-9-21-44(36)54-45-22-10-5-16-37(45)40-30-33(26-28-48(40)54)53-42-19-7-2-13-34(42)35-14-3-8-20-43(35)53/h2-30H. The maximum absolute atomic E-state index is 10.2. The second kappa shape index (κ2) is 11.8. The van der Waals surface area contributed by atoms with Crippen molar-refractivity contribution in [3.8, 4) is 34.3 Å². The molecule has 0 aliphatic rings. The van der Waals surface area contributed by atoms with Crippen LogP contribution in [0.5, 0.6) is 0 Å². The van der Waals surface area contributed by atoms with E-state index in [1.807, 2.05) is 42.5 Å². The van der Waals surface area contributed by atoms with Crippen molar-refractivity contribution in [2.75, 3.05) is 0 Å². The number of nitrogens with zero attached hydrogens (tertiary/aromatic N) is 5. The predicted molar refractivity (Wildman–Crippen MR) is 226 cm³/mol. The molecule has 11 aromatic rings. The Morgan fingerprint density at radius 3 is 1.64 bits per heavy atom. The minimum Gasteiger partial charge on any atom is -0.310 e. The summed E-state index contributed by atoms with van der Waals surface area (Å²) < 4.78 is 6.98. The Labute approximate surface area is 316 Å². The van der Waals surface area contributed by atoms with Crippen molar-refractivity contribution in [2.45, 2.75) is 0 Å². The molecule has 55 heavy (non-hydrogen) atoms. The van der Waals surface area contributed by atoms with Gasteiger partial charge in [0.1, 0.15) is 0 Å². The number of rotatable bonds is 4. The van der Waals surface area contributed by atoms with E-state index in [1.165, 1.54) is 21.8 Å². The van der Waals surface area contributed by atoms with E-state index in [0.29, 0.717) is 11.3 Å². The SMILES string of the molecule is [C-]#[N+]c1cccc2c1c1ccccc1n2-c1ccc(C#N)cc1-c1ccccc1-n1c2ccccc2c2cc(-n3c4ccccc4c4ccccc43)ccc21. The number of benzene rings is 8. The van der Waals surface area contributed by atoms with Crippen molar-refractivity contribution in [2.24, 2.45) is 0 Å². The van der Waals surface area contributed by atoms with E-state index in [4.69, 9.17) is 6.57 Å². The summed E-state index contributed by atoms with van der Waals surface area (Å²) in [4.78, 5) is 3.91. The van der Waals surface area contributed by atoms with Crippen molar-refractivity contribution in [1.82, 2.24) is 13.7 Å². The average molecular weight is 700 g/mol. The van der Waals surface area contributed by atoms with E-state index in [9.17, 15) is 5.26 Å². The Balaban J connectivity index is 1.19. The molecule has 0 spiro atoms. The molecule has 0 saturated heterocycles. The first-order valence-electron chi connectivity index (χ1n) is 18.3. The smallest absolute Gasteiger partial charge is 0.197 e. The zero-order chi connectivity index (χ0) is 36.6. The number of hydrogen-bond acceptors (Lipinski definition) is 1. The summed E-state index contributed by atoms with van der Waals surface area (Å²) in [5.74, 6) is 0. The normalized spacial score (nSPS) is 11.6. The molecule has 254 valence electrons. The molecule has 0 radical (unpaired) electrons. The molecule has 0 saturated carbocycles. The van der Waals surface area contributed by atoms with E-state index < -0.39 is 0 Å². The number of fused-ring (bicyclic) bond motifs is 9. The van der Waals surface area contributed by atoms with Gasteiger partial charge in [0.15, 0.2) is 5.69 Å². The summed E-state index contributed by atoms with van der Waals surface area (Å²) in [7, 11) is 0. The quantitative estimate of drug-likeness (QED) is 0.169. The van der Waals surface area contributed by atoms with Crippen molar-refractivity contribution in [3.63, 3.8) is 0 Å². The van der Waals surface area contributed by atoms with E-state index in [-0.39, 0.29) is 0 Å². The number of aromatic nitrogens is 3. The van der Waals surface area contributed by atoms with Crippen LogP contribution in [0.2, 0.25) is 0 Å². The average Bonchev–Trinajstić information content (AvgIpc) is 3.89. The molecule has 0 aliphatic carbocycles. The van der Waals surface area contributed by atoms with Gasteiger partial charge in [0.05, 0.1) is 57.2 Å². The highest BCUT2D eigenvalue weighted by Crippen LogP contribution is 2.43. The lowest BCUT2D eigenvalue weighted by molar-refractivity contribution is 1.15. The first-order valence-corrected chi connectivity index (χ1v) is 18.3. The predicted octanol–water partition coefficient (Wildman–Crippen LogP) is 13.1. The molecule has 3 heterocycles. The monoisotopic (exact) mass is 699 g/mol. The van der Waals surface area contributed by atoms with Crippen LogP contribution in [0.3, 0.4) is 0 Å². The summed E-state index contributed by atoms with van der Waals surface area (Å²) in [5.41, 5.74) is 12.7. The molecule has 0 aliphatic heterocycles. The molecular weight excluding hydrogens is 671 g/mol. The fraction of sp³-hybridized carbons (Fsp3) is 0. The molecule has 3 aromatic heterocycles. The van der Waals surface area contributed by atoms with Gasteiger partial charge in [-0.1, -0.05) is 103 Å². The van der Waals surface area contributed by atoms with Gasteiger partial charge in [-0.05, 0) is 78.2 Å². The summed E-state index contributed by atoms with van der Waals surface area (Å²) >= 11 is 0. The molecule has 11 rings (SSSR count). The molecule has 0 N–H and O–H groups in total. The lowest BCUT2D eigenvalue weighted by Gasteiger charge is -2.19. The van der Waals surface area contributed by atoms with Gasteiger partial charge in [0.25, 0.3) is 0 Å². The Morgan fingerprint density at radius 2 is 0.945 bits per heavy atom. The van der Waals surface area contributed by atoms with Gasteiger partial charge >= 0.3 is 0 Å². The van der Waals surface area contributed by atoms with E-state index >= 15 is 0 Å². The second-order valence-electron chi connectivity index (χ2n) is 13.9. The Hall–Kier alpha value is -7.86. The van der Waals surface area contributed by atoms with E-state index in [2.05, 4.69) is 158 Å². The van der Waals surface area contributed by atoms with Crippen LogP contribution in [0.25, 0.3) is 98.5 Å². The lowest BCUT2D eigenvalue weighted by Crippen LogP contribution is -2.02. The molecule has 0 fully saturated rings. The van der Waals surface area contributed by atoms with Crippen LogP contribution in [0.15, 0.2) is 176 Å².